The predicted molar refractivity (Wildman–Crippen MR) is 86.9 cm³/mol. The highest BCUT2D eigenvalue weighted by atomic mass is 79.9. The van der Waals surface area contributed by atoms with E-state index >= 15 is 0 Å². The van der Waals surface area contributed by atoms with Gasteiger partial charge in [0, 0.05) is 6.42 Å². The molecule has 0 saturated carbocycles. The van der Waals surface area contributed by atoms with E-state index < -0.39 is 0 Å². The summed E-state index contributed by atoms with van der Waals surface area (Å²) in [5, 5.41) is 11.8. The Morgan fingerprint density at radius 1 is 1.38 bits per heavy atom. The highest BCUT2D eigenvalue weighted by Crippen LogP contribution is 2.25. The minimum atomic E-state index is -0.0716. The van der Waals surface area contributed by atoms with E-state index in [4.69, 9.17) is 4.74 Å². The number of hydrogen-bond acceptors (Lipinski definition) is 5. The van der Waals surface area contributed by atoms with Gasteiger partial charge in [0.1, 0.15) is 10.8 Å². The number of rotatable bonds is 6. The van der Waals surface area contributed by atoms with E-state index in [9.17, 15) is 4.79 Å². The first-order valence-electron chi connectivity index (χ1n) is 6.53. The Morgan fingerprint density at radius 2 is 2.19 bits per heavy atom. The number of aryl methyl sites for hydroxylation is 2. The Bertz CT molecular complexity index is 630. The number of nitrogens with one attached hydrogen (secondary N) is 1. The minimum absolute atomic E-state index is 0.0716. The van der Waals surface area contributed by atoms with Gasteiger partial charge >= 0.3 is 0 Å². The molecule has 0 unspecified atom stereocenters. The molecule has 1 N–H and O–H groups in total. The van der Waals surface area contributed by atoms with Crippen LogP contribution in [0.25, 0.3) is 0 Å². The van der Waals surface area contributed by atoms with E-state index in [2.05, 4.69) is 31.4 Å². The number of carbonyl (C=O) groups is 1. The van der Waals surface area contributed by atoms with E-state index in [1.807, 2.05) is 32.0 Å². The van der Waals surface area contributed by atoms with Crippen molar-refractivity contribution in [3.05, 3.63) is 33.2 Å². The number of amides is 1. The van der Waals surface area contributed by atoms with Gasteiger partial charge in [0.2, 0.25) is 11.0 Å². The second-order valence-corrected chi connectivity index (χ2v) is 6.60. The van der Waals surface area contributed by atoms with E-state index in [-0.39, 0.29) is 5.91 Å². The molecule has 0 aliphatic rings. The Morgan fingerprint density at radius 3 is 2.86 bits per heavy atom. The number of nitrogens with zero attached hydrogens (tertiary/aromatic N) is 2. The summed E-state index contributed by atoms with van der Waals surface area (Å²) in [5.74, 6) is 0.721. The monoisotopic (exact) mass is 369 g/mol. The lowest BCUT2D eigenvalue weighted by molar-refractivity contribution is -0.116. The van der Waals surface area contributed by atoms with Crippen LogP contribution in [0.1, 0.15) is 23.4 Å². The number of aromatic nitrogens is 2. The van der Waals surface area contributed by atoms with Crippen LogP contribution in [-0.4, -0.2) is 22.7 Å². The molecule has 0 spiro atoms. The first kappa shape index (κ1) is 15.9. The molecule has 7 heteroatoms. The Balaban J connectivity index is 1.70. The van der Waals surface area contributed by atoms with Crippen molar-refractivity contribution in [2.24, 2.45) is 0 Å². The van der Waals surface area contributed by atoms with Crippen LogP contribution in [0.3, 0.4) is 0 Å². The van der Waals surface area contributed by atoms with Gasteiger partial charge in [0.15, 0.2) is 0 Å². The maximum atomic E-state index is 11.7. The van der Waals surface area contributed by atoms with Gasteiger partial charge in [-0.15, -0.1) is 10.2 Å². The quantitative estimate of drug-likeness (QED) is 0.788. The van der Waals surface area contributed by atoms with Crippen LogP contribution in [0, 0.1) is 13.8 Å². The summed E-state index contributed by atoms with van der Waals surface area (Å²) in [7, 11) is 0. The van der Waals surface area contributed by atoms with Crippen LogP contribution in [-0.2, 0) is 4.79 Å². The van der Waals surface area contributed by atoms with Crippen LogP contribution in [0.15, 0.2) is 22.7 Å². The smallest absolute Gasteiger partial charge is 0.226 e. The van der Waals surface area contributed by atoms with Gasteiger partial charge < -0.3 is 10.1 Å². The molecular weight excluding hydrogens is 354 g/mol. The van der Waals surface area contributed by atoms with E-state index in [1.165, 1.54) is 16.9 Å². The zero-order valence-corrected chi connectivity index (χ0v) is 14.3. The normalized spacial score (nSPS) is 10.4. The zero-order valence-electron chi connectivity index (χ0n) is 11.9. The zero-order chi connectivity index (χ0) is 15.2. The maximum absolute atomic E-state index is 11.7. The molecule has 1 amide bonds. The molecule has 0 saturated heterocycles. The van der Waals surface area contributed by atoms with Gasteiger partial charge in [0.25, 0.3) is 0 Å². The molecule has 2 aromatic rings. The van der Waals surface area contributed by atoms with Crippen molar-refractivity contribution >= 4 is 38.3 Å². The maximum Gasteiger partial charge on any atom is 0.226 e. The SMILES string of the molecule is Cc1ccc(OCCCC(=O)Nc2nnc(C)s2)c(Br)c1. The minimum Gasteiger partial charge on any atom is -0.492 e. The van der Waals surface area contributed by atoms with Gasteiger partial charge in [-0.25, -0.2) is 0 Å². The van der Waals surface area contributed by atoms with Gasteiger partial charge in [0.05, 0.1) is 11.1 Å². The fourth-order valence-corrected chi connectivity index (χ4v) is 2.88. The third-order valence-corrected chi connectivity index (χ3v) is 4.04. The van der Waals surface area contributed by atoms with Crippen LogP contribution in [0.5, 0.6) is 5.75 Å². The van der Waals surface area contributed by atoms with E-state index in [0.717, 1.165) is 15.2 Å². The van der Waals surface area contributed by atoms with Gasteiger partial charge in [-0.05, 0) is 53.9 Å². The van der Waals surface area contributed by atoms with Crippen molar-refractivity contribution in [3.63, 3.8) is 0 Å². The lowest BCUT2D eigenvalue weighted by Crippen LogP contribution is -2.12. The van der Waals surface area contributed by atoms with Crippen molar-refractivity contribution in [3.8, 4) is 5.75 Å². The second kappa shape index (κ2) is 7.51. The summed E-state index contributed by atoms with van der Waals surface area (Å²) >= 11 is 4.82. The number of halogens is 1. The second-order valence-electron chi connectivity index (χ2n) is 4.56. The standard InChI is InChI=1S/C14H16BrN3O2S/c1-9-5-6-12(11(15)8-9)20-7-3-4-13(19)16-14-18-17-10(2)21-14/h5-6,8H,3-4,7H2,1-2H3,(H,16,18,19). The van der Waals surface area contributed by atoms with Crippen molar-refractivity contribution in [2.45, 2.75) is 26.7 Å². The summed E-state index contributed by atoms with van der Waals surface area (Å²) in [6, 6.07) is 5.91. The molecule has 5 nitrogen and oxygen atoms in total. The molecular formula is C14H16BrN3O2S. The molecule has 21 heavy (non-hydrogen) atoms. The Hall–Kier alpha value is -1.47. The average Bonchev–Trinajstić information content (AvgIpc) is 2.82. The molecule has 0 atom stereocenters. The third kappa shape index (κ3) is 5.09. The van der Waals surface area contributed by atoms with Crippen molar-refractivity contribution in [1.29, 1.82) is 0 Å². The van der Waals surface area contributed by atoms with Crippen LogP contribution < -0.4 is 10.1 Å². The Labute approximate surface area is 135 Å². The van der Waals surface area contributed by atoms with E-state index in [0.29, 0.717) is 24.6 Å². The molecule has 0 aliphatic carbocycles. The van der Waals surface area contributed by atoms with Gasteiger partial charge in [-0.2, -0.15) is 0 Å². The fraction of sp³-hybridized carbons (Fsp3) is 0.357. The molecule has 112 valence electrons. The summed E-state index contributed by atoms with van der Waals surface area (Å²) in [5.41, 5.74) is 1.17. The van der Waals surface area contributed by atoms with Crippen molar-refractivity contribution in [2.75, 3.05) is 11.9 Å². The molecule has 1 aromatic heterocycles. The number of ether oxygens (including phenoxy) is 1. The van der Waals surface area contributed by atoms with Crippen molar-refractivity contribution < 1.29 is 9.53 Å². The molecule has 1 aromatic carbocycles. The number of hydrogen-bond donors (Lipinski definition) is 1. The number of anilines is 1. The van der Waals surface area contributed by atoms with Gasteiger partial charge in [-0.3, -0.25) is 4.79 Å². The summed E-state index contributed by atoms with van der Waals surface area (Å²) < 4.78 is 6.57. The fourth-order valence-electron chi connectivity index (χ4n) is 1.67. The predicted octanol–water partition coefficient (Wildman–Crippen LogP) is 3.72. The van der Waals surface area contributed by atoms with Gasteiger partial charge in [-0.1, -0.05) is 17.4 Å². The molecule has 0 radical (unpaired) electrons. The van der Waals surface area contributed by atoms with E-state index in [1.54, 1.807) is 0 Å². The Kier molecular flexibility index (Phi) is 5.69. The molecule has 0 aliphatic heterocycles. The molecule has 1 heterocycles. The average molecular weight is 370 g/mol. The highest BCUT2D eigenvalue weighted by Gasteiger charge is 2.07. The van der Waals surface area contributed by atoms with Crippen LogP contribution >= 0.6 is 27.3 Å². The third-order valence-electron chi connectivity index (χ3n) is 2.67. The highest BCUT2D eigenvalue weighted by molar-refractivity contribution is 9.10. The largest absolute Gasteiger partial charge is 0.492 e. The summed E-state index contributed by atoms with van der Waals surface area (Å²) in [6.07, 6.45) is 1.03. The summed E-state index contributed by atoms with van der Waals surface area (Å²) in [6.45, 7) is 4.36. The lowest BCUT2D eigenvalue weighted by Gasteiger charge is -2.08. The first-order chi connectivity index (χ1) is 10.0. The van der Waals surface area contributed by atoms with Crippen LogP contribution in [0.2, 0.25) is 0 Å². The number of carbonyl (C=O) groups excluding carboxylic acids is 1. The molecule has 2 rings (SSSR count). The molecule has 0 bridgehead atoms. The topological polar surface area (TPSA) is 64.1 Å². The van der Waals surface area contributed by atoms with Crippen LogP contribution in [0.4, 0.5) is 5.13 Å². The molecule has 0 fully saturated rings. The summed E-state index contributed by atoms with van der Waals surface area (Å²) in [4.78, 5) is 11.7. The first-order valence-corrected chi connectivity index (χ1v) is 8.14. The lowest BCUT2D eigenvalue weighted by atomic mass is 10.2. The number of benzene rings is 1. The van der Waals surface area contributed by atoms with Crippen molar-refractivity contribution in [1.82, 2.24) is 10.2 Å².